The highest BCUT2D eigenvalue weighted by atomic mass is 16.5. The van der Waals surface area contributed by atoms with Gasteiger partial charge in [0.25, 0.3) is 0 Å². The molecule has 7 nitrogen and oxygen atoms in total. The van der Waals surface area contributed by atoms with Gasteiger partial charge >= 0.3 is 6.01 Å². The van der Waals surface area contributed by atoms with E-state index >= 15 is 0 Å². The van der Waals surface area contributed by atoms with Crippen LogP contribution in [-0.4, -0.2) is 28.0 Å². The van der Waals surface area contributed by atoms with Gasteiger partial charge in [0, 0.05) is 6.20 Å². The molecule has 2 heterocycles. The summed E-state index contributed by atoms with van der Waals surface area (Å²) in [5.74, 6) is -0.530. The van der Waals surface area contributed by atoms with Crippen molar-refractivity contribution in [2.45, 2.75) is 0 Å². The standard InChI is InChI=1S/C11H11N5O2/c1-18-11-14-5-9(6-15-11)16-8-2-7(10(12)17)3-13-4-8/h2-6,16H,1H3,(H2,12,17). The molecule has 0 bridgehead atoms. The number of nitrogens with zero attached hydrogens (tertiary/aromatic N) is 3. The minimum atomic E-state index is -0.530. The molecule has 0 atom stereocenters. The van der Waals surface area contributed by atoms with Gasteiger partial charge in [-0.1, -0.05) is 0 Å². The van der Waals surface area contributed by atoms with Crippen LogP contribution in [0, 0.1) is 0 Å². The van der Waals surface area contributed by atoms with Crippen molar-refractivity contribution in [3.8, 4) is 6.01 Å². The Morgan fingerprint density at radius 1 is 1.22 bits per heavy atom. The molecular weight excluding hydrogens is 234 g/mol. The number of nitrogens with two attached hydrogens (primary N) is 1. The second kappa shape index (κ2) is 5.09. The van der Waals surface area contributed by atoms with Crippen molar-refractivity contribution in [3.05, 3.63) is 36.4 Å². The maximum absolute atomic E-state index is 11.0. The lowest BCUT2D eigenvalue weighted by molar-refractivity contribution is 0.1000. The van der Waals surface area contributed by atoms with Crippen molar-refractivity contribution in [1.29, 1.82) is 0 Å². The lowest BCUT2D eigenvalue weighted by atomic mass is 10.2. The highest BCUT2D eigenvalue weighted by molar-refractivity contribution is 5.93. The molecule has 18 heavy (non-hydrogen) atoms. The number of amides is 1. The van der Waals surface area contributed by atoms with E-state index in [0.717, 1.165) is 0 Å². The second-order valence-corrected chi connectivity index (χ2v) is 3.41. The van der Waals surface area contributed by atoms with E-state index in [1.54, 1.807) is 24.7 Å². The Kier molecular flexibility index (Phi) is 3.33. The van der Waals surface area contributed by atoms with E-state index in [4.69, 9.17) is 10.5 Å². The fraction of sp³-hybridized carbons (Fsp3) is 0.0909. The number of primary amides is 1. The first-order valence-electron chi connectivity index (χ1n) is 5.07. The molecule has 1 amide bonds. The third-order valence-corrected chi connectivity index (χ3v) is 2.12. The third kappa shape index (κ3) is 2.70. The summed E-state index contributed by atoms with van der Waals surface area (Å²) in [6.45, 7) is 0. The summed E-state index contributed by atoms with van der Waals surface area (Å²) in [4.78, 5) is 22.8. The van der Waals surface area contributed by atoms with Crippen LogP contribution >= 0.6 is 0 Å². The molecule has 2 aromatic rings. The third-order valence-electron chi connectivity index (χ3n) is 2.12. The number of carbonyl (C=O) groups excluding carboxylic acids is 1. The van der Waals surface area contributed by atoms with Crippen LogP contribution in [0.5, 0.6) is 6.01 Å². The minimum absolute atomic E-state index is 0.282. The van der Waals surface area contributed by atoms with Gasteiger partial charge < -0.3 is 15.8 Å². The normalized spacial score (nSPS) is 9.83. The SMILES string of the molecule is COc1ncc(Nc2cncc(C(N)=O)c2)cn1. The quantitative estimate of drug-likeness (QED) is 0.822. The van der Waals surface area contributed by atoms with Crippen LogP contribution in [0.15, 0.2) is 30.9 Å². The Hall–Kier alpha value is -2.70. The summed E-state index contributed by atoms with van der Waals surface area (Å²) in [7, 11) is 1.49. The van der Waals surface area contributed by atoms with Crippen molar-refractivity contribution in [1.82, 2.24) is 15.0 Å². The highest BCUT2D eigenvalue weighted by Gasteiger charge is 2.03. The van der Waals surface area contributed by atoms with E-state index in [1.807, 2.05) is 0 Å². The zero-order valence-corrected chi connectivity index (χ0v) is 9.62. The van der Waals surface area contributed by atoms with Crippen LogP contribution < -0.4 is 15.8 Å². The largest absolute Gasteiger partial charge is 0.467 e. The number of carbonyl (C=O) groups is 1. The number of hydrogen-bond donors (Lipinski definition) is 2. The molecule has 2 rings (SSSR count). The number of hydrogen-bond acceptors (Lipinski definition) is 6. The van der Waals surface area contributed by atoms with Crippen LogP contribution in [0.25, 0.3) is 0 Å². The van der Waals surface area contributed by atoms with Gasteiger partial charge in [-0.15, -0.1) is 0 Å². The first-order chi connectivity index (χ1) is 8.69. The molecule has 2 aromatic heterocycles. The molecule has 0 aromatic carbocycles. The number of rotatable bonds is 4. The Balaban J connectivity index is 2.17. The number of nitrogens with one attached hydrogen (secondary N) is 1. The highest BCUT2D eigenvalue weighted by Crippen LogP contribution is 2.15. The molecular formula is C11H11N5O2. The lowest BCUT2D eigenvalue weighted by Crippen LogP contribution is -2.11. The van der Waals surface area contributed by atoms with Gasteiger partial charge in [-0.3, -0.25) is 9.78 Å². The van der Waals surface area contributed by atoms with Gasteiger partial charge in [-0.05, 0) is 6.07 Å². The average molecular weight is 245 g/mol. The zero-order valence-electron chi connectivity index (χ0n) is 9.62. The summed E-state index contributed by atoms with van der Waals surface area (Å²) in [5.41, 5.74) is 6.77. The van der Waals surface area contributed by atoms with E-state index in [9.17, 15) is 4.79 Å². The number of pyridine rings is 1. The van der Waals surface area contributed by atoms with Gasteiger partial charge in [0.2, 0.25) is 5.91 Å². The Bertz CT molecular complexity index is 556. The van der Waals surface area contributed by atoms with Crippen molar-refractivity contribution < 1.29 is 9.53 Å². The Labute approximate surface area is 103 Å². The van der Waals surface area contributed by atoms with Crippen molar-refractivity contribution in [2.75, 3.05) is 12.4 Å². The van der Waals surface area contributed by atoms with Crippen LogP contribution in [-0.2, 0) is 0 Å². The first kappa shape index (κ1) is 11.8. The average Bonchev–Trinajstić information content (AvgIpc) is 2.40. The fourth-order valence-corrected chi connectivity index (χ4v) is 1.30. The maximum Gasteiger partial charge on any atom is 0.316 e. The van der Waals surface area contributed by atoms with Gasteiger partial charge in [0.05, 0.1) is 42.6 Å². The van der Waals surface area contributed by atoms with Crippen molar-refractivity contribution in [2.24, 2.45) is 5.73 Å². The van der Waals surface area contributed by atoms with E-state index < -0.39 is 5.91 Å². The summed E-state index contributed by atoms with van der Waals surface area (Å²) >= 11 is 0. The maximum atomic E-state index is 11.0. The molecule has 0 aliphatic carbocycles. The summed E-state index contributed by atoms with van der Waals surface area (Å²) in [5, 5.41) is 3.00. The molecule has 3 N–H and O–H groups in total. The van der Waals surface area contributed by atoms with Crippen LogP contribution in [0.3, 0.4) is 0 Å². The number of ether oxygens (including phenoxy) is 1. The summed E-state index contributed by atoms with van der Waals surface area (Å²) < 4.78 is 4.85. The topological polar surface area (TPSA) is 103 Å². The smallest absolute Gasteiger partial charge is 0.316 e. The number of methoxy groups -OCH3 is 1. The van der Waals surface area contributed by atoms with Gasteiger partial charge in [0.15, 0.2) is 0 Å². The summed E-state index contributed by atoms with van der Waals surface area (Å²) in [6.07, 6.45) is 6.08. The molecule has 0 unspecified atom stereocenters. The summed E-state index contributed by atoms with van der Waals surface area (Å²) in [6, 6.07) is 1.88. The second-order valence-electron chi connectivity index (χ2n) is 3.41. The van der Waals surface area contributed by atoms with Crippen LogP contribution in [0.1, 0.15) is 10.4 Å². The molecule has 92 valence electrons. The molecule has 0 aliphatic heterocycles. The first-order valence-corrected chi connectivity index (χ1v) is 5.07. The lowest BCUT2D eigenvalue weighted by Gasteiger charge is -2.06. The molecule has 7 heteroatoms. The van der Waals surface area contributed by atoms with Crippen molar-refractivity contribution in [3.63, 3.8) is 0 Å². The van der Waals surface area contributed by atoms with Gasteiger partial charge in [0.1, 0.15) is 0 Å². The molecule has 0 aliphatic rings. The van der Waals surface area contributed by atoms with E-state index in [-0.39, 0.29) is 6.01 Å². The predicted octanol–water partition coefficient (Wildman–Crippen LogP) is 0.723. The van der Waals surface area contributed by atoms with Crippen molar-refractivity contribution >= 4 is 17.3 Å². The molecule has 0 spiro atoms. The van der Waals surface area contributed by atoms with E-state index in [1.165, 1.54) is 13.3 Å². The van der Waals surface area contributed by atoms with Gasteiger partial charge in [-0.25, -0.2) is 9.97 Å². The fourth-order valence-electron chi connectivity index (χ4n) is 1.30. The van der Waals surface area contributed by atoms with E-state index in [2.05, 4.69) is 20.3 Å². The number of anilines is 2. The molecule has 0 radical (unpaired) electrons. The van der Waals surface area contributed by atoms with Crippen LogP contribution in [0.2, 0.25) is 0 Å². The molecule has 0 saturated carbocycles. The van der Waals surface area contributed by atoms with Crippen LogP contribution in [0.4, 0.5) is 11.4 Å². The Morgan fingerprint density at radius 3 is 2.56 bits per heavy atom. The molecule has 0 saturated heterocycles. The predicted molar refractivity (Wildman–Crippen MR) is 64.6 cm³/mol. The minimum Gasteiger partial charge on any atom is -0.467 e. The van der Waals surface area contributed by atoms with Gasteiger partial charge in [-0.2, -0.15) is 0 Å². The zero-order chi connectivity index (χ0) is 13.0. The number of aromatic nitrogens is 3. The van der Waals surface area contributed by atoms with E-state index in [0.29, 0.717) is 16.9 Å². The Morgan fingerprint density at radius 2 is 1.94 bits per heavy atom. The monoisotopic (exact) mass is 245 g/mol. The molecule has 0 fully saturated rings.